The minimum atomic E-state index is -0.538. The van der Waals surface area contributed by atoms with E-state index in [9.17, 15) is 14.8 Å². The maximum absolute atomic E-state index is 13.0. The lowest BCUT2D eigenvalue weighted by atomic mass is 9.99. The highest BCUT2D eigenvalue weighted by Crippen LogP contribution is 2.23. The first-order valence-corrected chi connectivity index (χ1v) is 11.2. The molecule has 0 heterocycles. The maximum atomic E-state index is 13.0. The van der Waals surface area contributed by atoms with Crippen molar-refractivity contribution in [1.29, 1.82) is 0 Å². The Morgan fingerprint density at radius 3 is 2.19 bits per heavy atom. The standard InChI is InChI=1S/C26H33NO4/c1-3-4-5-6-7-8-9-13-16-23(27-30)25(28)22-19-20(2)17-18-24(22)31-26(29)21-14-11-10-12-15-21/h10-12,14-15,17-19,30H,3-9,13,16H2,1-2H3/b27-23+. The Hall–Kier alpha value is -2.95. The van der Waals surface area contributed by atoms with Crippen molar-refractivity contribution in [3.63, 3.8) is 0 Å². The number of nitrogens with zero attached hydrogens (tertiary/aromatic N) is 1. The molecule has 0 amide bonds. The van der Waals surface area contributed by atoms with E-state index in [1.807, 2.05) is 13.0 Å². The van der Waals surface area contributed by atoms with Crippen LogP contribution in [0.15, 0.2) is 53.7 Å². The van der Waals surface area contributed by atoms with Crippen LogP contribution in [-0.2, 0) is 0 Å². The third-order valence-corrected chi connectivity index (χ3v) is 5.24. The Kier molecular flexibility index (Phi) is 10.5. The first-order valence-electron chi connectivity index (χ1n) is 11.2. The highest BCUT2D eigenvalue weighted by Gasteiger charge is 2.21. The van der Waals surface area contributed by atoms with Crippen molar-refractivity contribution in [2.24, 2.45) is 5.16 Å². The number of benzene rings is 2. The van der Waals surface area contributed by atoms with Gasteiger partial charge in [-0.15, -0.1) is 0 Å². The number of aryl methyl sites for hydroxylation is 1. The van der Waals surface area contributed by atoms with E-state index in [0.717, 1.165) is 24.8 Å². The molecule has 0 saturated carbocycles. The van der Waals surface area contributed by atoms with E-state index < -0.39 is 11.8 Å². The van der Waals surface area contributed by atoms with Crippen molar-refractivity contribution >= 4 is 17.5 Å². The molecular weight excluding hydrogens is 390 g/mol. The number of carbonyl (C=O) groups excluding carboxylic acids is 2. The predicted molar refractivity (Wildman–Crippen MR) is 123 cm³/mol. The van der Waals surface area contributed by atoms with Crippen LogP contribution in [0.3, 0.4) is 0 Å². The molecule has 2 aromatic rings. The zero-order valence-corrected chi connectivity index (χ0v) is 18.6. The summed E-state index contributed by atoms with van der Waals surface area (Å²) in [5, 5.41) is 12.7. The van der Waals surface area contributed by atoms with Gasteiger partial charge in [-0.1, -0.05) is 86.9 Å². The number of hydrogen-bond donors (Lipinski definition) is 1. The van der Waals surface area contributed by atoms with Crippen LogP contribution in [0.4, 0.5) is 0 Å². The lowest BCUT2D eigenvalue weighted by Gasteiger charge is -2.11. The minimum Gasteiger partial charge on any atom is -0.422 e. The second-order valence-corrected chi connectivity index (χ2v) is 7.86. The van der Waals surface area contributed by atoms with Gasteiger partial charge in [0, 0.05) is 0 Å². The molecule has 0 bridgehead atoms. The summed E-state index contributed by atoms with van der Waals surface area (Å²) in [5.41, 5.74) is 1.58. The molecule has 0 aliphatic carbocycles. The molecule has 0 aromatic heterocycles. The molecule has 0 unspecified atom stereocenters. The summed E-state index contributed by atoms with van der Waals surface area (Å²) in [6.07, 6.45) is 9.50. The van der Waals surface area contributed by atoms with Crippen LogP contribution in [0.1, 0.15) is 91.0 Å². The largest absolute Gasteiger partial charge is 0.422 e. The topological polar surface area (TPSA) is 76.0 Å². The maximum Gasteiger partial charge on any atom is 0.343 e. The van der Waals surface area contributed by atoms with E-state index >= 15 is 0 Å². The van der Waals surface area contributed by atoms with Crippen LogP contribution in [0, 0.1) is 6.92 Å². The minimum absolute atomic E-state index is 0.0913. The number of oxime groups is 1. The average molecular weight is 424 g/mol. The lowest BCUT2D eigenvalue weighted by Crippen LogP contribution is -2.18. The SMILES string of the molecule is CCCCCCCCCC/C(=N\O)C(=O)c1cc(C)ccc1OC(=O)c1ccccc1. The van der Waals surface area contributed by atoms with Crippen molar-refractivity contribution in [2.45, 2.75) is 71.6 Å². The van der Waals surface area contributed by atoms with Gasteiger partial charge < -0.3 is 9.94 Å². The van der Waals surface area contributed by atoms with Crippen LogP contribution < -0.4 is 4.74 Å². The molecule has 0 aliphatic rings. The van der Waals surface area contributed by atoms with Crippen LogP contribution in [0.25, 0.3) is 0 Å². The zero-order chi connectivity index (χ0) is 22.5. The summed E-state index contributed by atoms with van der Waals surface area (Å²) >= 11 is 0. The fourth-order valence-corrected chi connectivity index (χ4v) is 3.43. The predicted octanol–water partition coefficient (Wildman–Crippen LogP) is 6.76. The van der Waals surface area contributed by atoms with Gasteiger partial charge in [0.05, 0.1) is 11.1 Å². The van der Waals surface area contributed by atoms with E-state index in [-0.39, 0.29) is 17.0 Å². The lowest BCUT2D eigenvalue weighted by molar-refractivity contribution is 0.0733. The highest BCUT2D eigenvalue weighted by molar-refractivity contribution is 6.46. The molecule has 0 radical (unpaired) electrons. The number of carbonyl (C=O) groups is 2. The van der Waals surface area contributed by atoms with Crippen LogP contribution in [0.2, 0.25) is 0 Å². The Balaban J connectivity index is 1.99. The first kappa shape index (κ1) is 24.3. The van der Waals surface area contributed by atoms with Gasteiger partial charge in [0.1, 0.15) is 11.5 Å². The third kappa shape index (κ3) is 8.00. The Morgan fingerprint density at radius 2 is 1.55 bits per heavy atom. The molecule has 1 N–H and O–H groups in total. The second-order valence-electron chi connectivity index (χ2n) is 7.86. The number of hydrogen-bond acceptors (Lipinski definition) is 5. The smallest absolute Gasteiger partial charge is 0.343 e. The molecule has 5 heteroatoms. The molecule has 2 aromatic carbocycles. The number of unbranched alkanes of at least 4 members (excludes halogenated alkanes) is 7. The van der Waals surface area contributed by atoms with Gasteiger partial charge >= 0.3 is 5.97 Å². The van der Waals surface area contributed by atoms with Crippen molar-refractivity contribution in [2.75, 3.05) is 0 Å². The first-order chi connectivity index (χ1) is 15.1. The third-order valence-electron chi connectivity index (χ3n) is 5.24. The molecular formula is C26H33NO4. The fourth-order valence-electron chi connectivity index (χ4n) is 3.43. The van der Waals surface area contributed by atoms with E-state index in [4.69, 9.17) is 4.74 Å². The summed E-state index contributed by atoms with van der Waals surface area (Å²) in [6.45, 7) is 4.06. The summed E-state index contributed by atoms with van der Waals surface area (Å²) in [7, 11) is 0. The van der Waals surface area contributed by atoms with Gasteiger partial charge in [0.15, 0.2) is 0 Å². The van der Waals surface area contributed by atoms with Gasteiger partial charge in [-0.05, 0) is 44.0 Å². The number of ketones is 1. The van der Waals surface area contributed by atoms with Gasteiger partial charge in [-0.2, -0.15) is 0 Å². The zero-order valence-electron chi connectivity index (χ0n) is 18.6. The normalized spacial score (nSPS) is 11.4. The quantitative estimate of drug-likeness (QED) is 0.0734. The van der Waals surface area contributed by atoms with Crippen molar-refractivity contribution in [3.8, 4) is 5.75 Å². The van der Waals surface area contributed by atoms with Crippen LogP contribution in [-0.4, -0.2) is 22.7 Å². The van der Waals surface area contributed by atoms with Crippen LogP contribution in [0.5, 0.6) is 5.75 Å². The van der Waals surface area contributed by atoms with Crippen LogP contribution >= 0.6 is 0 Å². The molecule has 0 fully saturated rings. The second kappa shape index (κ2) is 13.4. The average Bonchev–Trinajstić information content (AvgIpc) is 2.79. The molecule has 5 nitrogen and oxygen atoms in total. The molecule has 2 rings (SSSR count). The molecule has 31 heavy (non-hydrogen) atoms. The van der Waals surface area contributed by atoms with Gasteiger partial charge in [-0.3, -0.25) is 4.79 Å². The number of esters is 1. The molecule has 0 aliphatic heterocycles. The highest BCUT2D eigenvalue weighted by atomic mass is 16.5. The number of Topliss-reactive ketones (excluding diaryl/α,β-unsaturated/α-hetero) is 1. The molecule has 0 saturated heterocycles. The van der Waals surface area contributed by atoms with E-state index in [0.29, 0.717) is 12.0 Å². The van der Waals surface area contributed by atoms with Gasteiger partial charge in [0.2, 0.25) is 5.78 Å². The molecule has 0 atom stereocenters. The number of rotatable bonds is 13. The van der Waals surface area contributed by atoms with Crippen molar-refractivity contribution in [3.05, 3.63) is 65.2 Å². The van der Waals surface area contributed by atoms with E-state index in [1.165, 1.54) is 32.1 Å². The van der Waals surface area contributed by atoms with E-state index in [2.05, 4.69) is 12.1 Å². The number of ether oxygens (including phenoxy) is 1. The molecule has 0 spiro atoms. The Morgan fingerprint density at radius 1 is 0.903 bits per heavy atom. The van der Waals surface area contributed by atoms with Crippen molar-refractivity contribution in [1.82, 2.24) is 0 Å². The summed E-state index contributed by atoms with van der Waals surface area (Å²) in [6, 6.07) is 13.7. The Bertz CT molecular complexity index is 874. The fraction of sp³-hybridized carbons (Fsp3) is 0.423. The van der Waals surface area contributed by atoms with Gasteiger partial charge in [0.25, 0.3) is 0 Å². The molecule has 166 valence electrons. The summed E-state index contributed by atoms with van der Waals surface area (Å²) in [5.74, 6) is -0.782. The van der Waals surface area contributed by atoms with Crippen molar-refractivity contribution < 1.29 is 19.5 Å². The summed E-state index contributed by atoms with van der Waals surface area (Å²) in [4.78, 5) is 25.5. The summed E-state index contributed by atoms with van der Waals surface area (Å²) < 4.78 is 5.50. The Labute approximate surface area is 185 Å². The van der Waals surface area contributed by atoms with E-state index in [1.54, 1.807) is 42.5 Å². The monoisotopic (exact) mass is 423 g/mol. The van der Waals surface area contributed by atoms with Gasteiger partial charge in [-0.25, -0.2) is 4.79 Å².